The number of aryl methyl sites for hydroxylation is 1. The number of benzene rings is 2. The Bertz CT molecular complexity index is 836. The van der Waals surface area contributed by atoms with Crippen molar-refractivity contribution in [3.05, 3.63) is 70.8 Å². The van der Waals surface area contributed by atoms with Crippen molar-refractivity contribution in [2.45, 2.75) is 33.1 Å². The lowest BCUT2D eigenvalue weighted by Crippen LogP contribution is -2.46. The minimum absolute atomic E-state index is 0.00417. The molecule has 6 heteroatoms. The second-order valence-electron chi connectivity index (χ2n) is 7.33. The molecule has 0 fully saturated rings. The molecule has 0 heterocycles. The van der Waals surface area contributed by atoms with Crippen LogP contribution in [0.25, 0.3) is 0 Å². The van der Waals surface area contributed by atoms with Crippen LogP contribution < -0.4 is 16.2 Å². The number of amides is 3. The van der Waals surface area contributed by atoms with Crippen LogP contribution in [0.3, 0.4) is 0 Å². The van der Waals surface area contributed by atoms with Crippen LogP contribution in [-0.2, 0) is 10.2 Å². The average Bonchev–Trinajstić information content (AvgIpc) is 2.64. The molecule has 0 saturated heterocycles. The molecule has 3 N–H and O–H groups in total. The van der Waals surface area contributed by atoms with Crippen LogP contribution in [0, 0.1) is 6.92 Å². The fourth-order valence-corrected chi connectivity index (χ4v) is 2.45. The summed E-state index contributed by atoms with van der Waals surface area (Å²) in [4.78, 5) is 36.0. The Balaban J connectivity index is 1.82. The standard InChI is InChI=1S/C21H25N3O3/c1-14-7-5-6-8-17(14)20(27)24-23-18(25)13-22-19(26)15-9-11-16(12-10-15)21(2,3)4/h5-12H,13H2,1-4H3,(H,22,26)(H,23,25)(H,24,27). The maximum Gasteiger partial charge on any atom is 0.269 e. The fourth-order valence-electron chi connectivity index (χ4n) is 2.45. The summed E-state index contributed by atoms with van der Waals surface area (Å²) < 4.78 is 0. The molecule has 0 spiro atoms. The van der Waals surface area contributed by atoms with E-state index >= 15 is 0 Å². The average molecular weight is 367 g/mol. The van der Waals surface area contributed by atoms with Gasteiger partial charge in [0.15, 0.2) is 0 Å². The zero-order valence-corrected chi connectivity index (χ0v) is 16.1. The van der Waals surface area contributed by atoms with E-state index in [1.54, 1.807) is 24.3 Å². The molecule has 27 heavy (non-hydrogen) atoms. The van der Waals surface area contributed by atoms with Gasteiger partial charge in [-0.05, 0) is 41.7 Å². The van der Waals surface area contributed by atoms with E-state index in [-0.39, 0.29) is 17.9 Å². The molecule has 0 saturated carbocycles. The zero-order valence-electron chi connectivity index (χ0n) is 16.1. The van der Waals surface area contributed by atoms with Crippen molar-refractivity contribution in [2.24, 2.45) is 0 Å². The summed E-state index contributed by atoms with van der Waals surface area (Å²) in [6, 6.07) is 14.3. The number of hydrazine groups is 1. The highest BCUT2D eigenvalue weighted by molar-refractivity contribution is 5.98. The van der Waals surface area contributed by atoms with Crippen molar-refractivity contribution >= 4 is 17.7 Å². The highest BCUT2D eigenvalue weighted by atomic mass is 16.2. The molecule has 6 nitrogen and oxygen atoms in total. The van der Waals surface area contributed by atoms with Gasteiger partial charge in [0.1, 0.15) is 0 Å². The van der Waals surface area contributed by atoms with Crippen LogP contribution in [0.5, 0.6) is 0 Å². The monoisotopic (exact) mass is 367 g/mol. The van der Waals surface area contributed by atoms with Gasteiger partial charge in [0, 0.05) is 11.1 Å². The van der Waals surface area contributed by atoms with E-state index in [0.29, 0.717) is 11.1 Å². The molecule has 0 bridgehead atoms. The SMILES string of the molecule is Cc1ccccc1C(=O)NNC(=O)CNC(=O)c1ccc(C(C)(C)C)cc1. The summed E-state index contributed by atoms with van der Waals surface area (Å²) in [6.07, 6.45) is 0. The molecule has 2 aromatic rings. The van der Waals surface area contributed by atoms with Gasteiger partial charge < -0.3 is 5.32 Å². The predicted molar refractivity (Wildman–Crippen MR) is 104 cm³/mol. The Morgan fingerprint density at radius 1 is 0.852 bits per heavy atom. The highest BCUT2D eigenvalue weighted by Gasteiger charge is 2.15. The van der Waals surface area contributed by atoms with Crippen molar-refractivity contribution in [1.29, 1.82) is 0 Å². The summed E-state index contributed by atoms with van der Waals surface area (Å²) in [5, 5.41) is 2.53. The normalized spacial score (nSPS) is 10.8. The van der Waals surface area contributed by atoms with Gasteiger partial charge in [0.05, 0.1) is 6.54 Å². The van der Waals surface area contributed by atoms with Gasteiger partial charge in [0.25, 0.3) is 17.7 Å². The van der Waals surface area contributed by atoms with E-state index in [9.17, 15) is 14.4 Å². The van der Waals surface area contributed by atoms with Crippen molar-refractivity contribution in [1.82, 2.24) is 16.2 Å². The Morgan fingerprint density at radius 3 is 2.07 bits per heavy atom. The molecule has 0 aliphatic heterocycles. The lowest BCUT2D eigenvalue weighted by Gasteiger charge is -2.19. The Morgan fingerprint density at radius 2 is 1.48 bits per heavy atom. The smallest absolute Gasteiger partial charge is 0.269 e. The third-order valence-electron chi connectivity index (χ3n) is 4.13. The van der Waals surface area contributed by atoms with Gasteiger partial charge in [-0.3, -0.25) is 25.2 Å². The van der Waals surface area contributed by atoms with Crippen molar-refractivity contribution in [3.8, 4) is 0 Å². The molecule has 0 aromatic heterocycles. The van der Waals surface area contributed by atoms with Gasteiger partial charge in [-0.15, -0.1) is 0 Å². The van der Waals surface area contributed by atoms with Crippen LogP contribution in [0.2, 0.25) is 0 Å². The van der Waals surface area contributed by atoms with Crippen LogP contribution >= 0.6 is 0 Å². The third-order valence-corrected chi connectivity index (χ3v) is 4.13. The maximum atomic E-state index is 12.1. The number of hydrogen-bond donors (Lipinski definition) is 3. The summed E-state index contributed by atoms with van der Waals surface area (Å²) in [7, 11) is 0. The van der Waals surface area contributed by atoms with E-state index in [2.05, 4.69) is 36.9 Å². The molecule has 3 amide bonds. The Hall–Kier alpha value is -3.15. The summed E-state index contributed by atoms with van der Waals surface area (Å²) in [6.45, 7) is 7.85. The van der Waals surface area contributed by atoms with Crippen LogP contribution in [-0.4, -0.2) is 24.3 Å². The Kier molecular flexibility index (Phi) is 6.34. The molecule has 2 rings (SSSR count). The number of carbonyl (C=O) groups is 3. The molecular weight excluding hydrogens is 342 g/mol. The van der Waals surface area contributed by atoms with Crippen LogP contribution in [0.15, 0.2) is 48.5 Å². The lowest BCUT2D eigenvalue weighted by atomic mass is 9.87. The van der Waals surface area contributed by atoms with Crippen LogP contribution in [0.4, 0.5) is 0 Å². The molecule has 0 aliphatic rings. The molecule has 142 valence electrons. The van der Waals surface area contributed by atoms with Crippen molar-refractivity contribution in [3.63, 3.8) is 0 Å². The second-order valence-corrected chi connectivity index (χ2v) is 7.33. The minimum Gasteiger partial charge on any atom is -0.343 e. The summed E-state index contributed by atoms with van der Waals surface area (Å²) >= 11 is 0. The summed E-state index contributed by atoms with van der Waals surface area (Å²) in [5.74, 6) is -1.28. The van der Waals surface area contributed by atoms with Gasteiger partial charge in [-0.1, -0.05) is 51.1 Å². The molecule has 0 aliphatic carbocycles. The van der Waals surface area contributed by atoms with Gasteiger partial charge in [-0.2, -0.15) is 0 Å². The van der Waals surface area contributed by atoms with E-state index in [0.717, 1.165) is 11.1 Å². The molecular formula is C21H25N3O3. The number of nitrogens with one attached hydrogen (secondary N) is 3. The van der Waals surface area contributed by atoms with E-state index < -0.39 is 11.8 Å². The first-order valence-electron chi connectivity index (χ1n) is 8.72. The molecule has 0 unspecified atom stereocenters. The largest absolute Gasteiger partial charge is 0.343 e. The third kappa shape index (κ3) is 5.67. The number of rotatable bonds is 4. The molecule has 2 aromatic carbocycles. The van der Waals surface area contributed by atoms with Gasteiger partial charge in [-0.25, -0.2) is 0 Å². The first-order chi connectivity index (χ1) is 12.7. The minimum atomic E-state index is -0.517. The van der Waals surface area contributed by atoms with Gasteiger partial charge in [0.2, 0.25) is 0 Å². The first-order valence-corrected chi connectivity index (χ1v) is 8.72. The lowest BCUT2D eigenvalue weighted by molar-refractivity contribution is -0.120. The van der Waals surface area contributed by atoms with E-state index in [1.165, 1.54) is 0 Å². The summed E-state index contributed by atoms with van der Waals surface area (Å²) in [5.41, 5.74) is 7.50. The fraction of sp³-hybridized carbons (Fsp3) is 0.286. The quantitative estimate of drug-likeness (QED) is 0.726. The van der Waals surface area contributed by atoms with Crippen molar-refractivity contribution < 1.29 is 14.4 Å². The first kappa shape index (κ1) is 20.2. The second kappa shape index (κ2) is 8.49. The zero-order chi connectivity index (χ0) is 20.0. The number of carbonyl (C=O) groups excluding carboxylic acids is 3. The molecule has 0 radical (unpaired) electrons. The Labute approximate surface area is 159 Å². The maximum absolute atomic E-state index is 12.1. The topological polar surface area (TPSA) is 87.3 Å². The van der Waals surface area contributed by atoms with Crippen molar-refractivity contribution in [2.75, 3.05) is 6.54 Å². The number of hydrogen-bond acceptors (Lipinski definition) is 3. The predicted octanol–water partition coefficient (Wildman–Crippen LogP) is 2.48. The van der Waals surface area contributed by atoms with E-state index in [1.807, 2.05) is 31.2 Å². The molecule has 0 atom stereocenters. The highest BCUT2D eigenvalue weighted by Crippen LogP contribution is 2.22. The van der Waals surface area contributed by atoms with E-state index in [4.69, 9.17) is 0 Å². The van der Waals surface area contributed by atoms with Crippen LogP contribution in [0.1, 0.15) is 52.6 Å². The van der Waals surface area contributed by atoms with Gasteiger partial charge >= 0.3 is 0 Å².